The summed E-state index contributed by atoms with van der Waals surface area (Å²) < 4.78 is 24.1. The lowest BCUT2D eigenvalue weighted by molar-refractivity contribution is -0.125. The molecule has 1 heterocycles. The zero-order valence-electron chi connectivity index (χ0n) is 11.2. The second-order valence-corrected chi connectivity index (χ2v) is 8.12. The Labute approximate surface area is 104 Å². The van der Waals surface area contributed by atoms with E-state index in [1.807, 2.05) is 0 Å². The Morgan fingerprint density at radius 2 is 1.71 bits per heavy atom. The van der Waals surface area contributed by atoms with Crippen LogP contribution in [0.25, 0.3) is 0 Å². The normalized spacial score (nSPS) is 20.5. The van der Waals surface area contributed by atoms with Crippen molar-refractivity contribution < 1.29 is 13.2 Å². The SMILES string of the molecule is CC(C)(C)CC(=O)C1CCN(S(C)(=O)=O)CC1. The number of ketones is 1. The van der Waals surface area contributed by atoms with E-state index < -0.39 is 10.0 Å². The number of carbonyl (C=O) groups is 1. The van der Waals surface area contributed by atoms with Gasteiger partial charge in [-0.05, 0) is 18.3 Å². The van der Waals surface area contributed by atoms with Crippen LogP contribution in [-0.4, -0.2) is 37.9 Å². The lowest BCUT2D eigenvalue weighted by Crippen LogP contribution is -2.40. The van der Waals surface area contributed by atoms with Crippen LogP contribution in [0.1, 0.15) is 40.0 Å². The number of nitrogens with zero attached hydrogens (tertiary/aromatic N) is 1. The van der Waals surface area contributed by atoms with E-state index in [0.29, 0.717) is 32.4 Å². The molecule has 5 heteroatoms. The highest BCUT2D eigenvalue weighted by molar-refractivity contribution is 7.88. The molecule has 17 heavy (non-hydrogen) atoms. The van der Waals surface area contributed by atoms with E-state index in [9.17, 15) is 13.2 Å². The summed E-state index contributed by atoms with van der Waals surface area (Å²) >= 11 is 0. The Morgan fingerprint density at radius 3 is 2.06 bits per heavy atom. The Morgan fingerprint density at radius 1 is 1.24 bits per heavy atom. The molecule has 1 rings (SSSR count). The molecule has 0 aromatic heterocycles. The van der Waals surface area contributed by atoms with Crippen molar-refractivity contribution in [3.63, 3.8) is 0 Å². The van der Waals surface area contributed by atoms with Gasteiger partial charge in [0.1, 0.15) is 5.78 Å². The molecule has 1 saturated heterocycles. The van der Waals surface area contributed by atoms with Crippen molar-refractivity contribution >= 4 is 15.8 Å². The van der Waals surface area contributed by atoms with Gasteiger partial charge in [-0.25, -0.2) is 12.7 Å². The summed E-state index contributed by atoms with van der Waals surface area (Å²) in [6, 6.07) is 0. The van der Waals surface area contributed by atoms with Gasteiger partial charge in [-0.15, -0.1) is 0 Å². The van der Waals surface area contributed by atoms with Crippen LogP contribution in [-0.2, 0) is 14.8 Å². The summed E-state index contributed by atoms with van der Waals surface area (Å²) in [5.41, 5.74) is 0.0189. The number of Topliss-reactive ketones (excluding diaryl/α,β-unsaturated/α-hetero) is 1. The largest absolute Gasteiger partial charge is 0.299 e. The van der Waals surface area contributed by atoms with Crippen molar-refractivity contribution in [2.45, 2.75) is 40.0 Å². The molecule has 0 spiro atoms. The summed E-state index contributed by atoms with van der Waals surface area (Å²) in [6.07, 6.45) is 3.14. The first-order valence-corrected chi connectivity index (χ1v) is 7.92. The molecule has 100 valence electrons. The maximum Gasteiger partial charge on any atom is 0.211 e. The van der Waals surface area contributed by atoms with Crippen molar-refractivity contribution in [1.82, 2.24) is 4.31 Å². The van der Waals surface area contributed by atoms with E-state index in [0.717, 1.165) is 0 Å². The Hall–Kier alpha value is -0.420. The van der Waals surface area contributed by atoms with Crippen LogP contribution in [0.4, 0.5) is 0 Å². The van der Waals surface area contributed by atoms with Crippen molar-refractivity contribution in [2.24, 2.45) is 11.3 Å². The average Bonchev–Trinajstić information content (AvgIpc) is 2.14. The fourth-order valence-electron chi connectivity index (χ4n) is 2.18. The molecule has 0 bridgehead atoms. The molecular weight excluding hydrogens is 238 g/mol. The minimum Gasteiger partial charge on any atom is -0.299 e. The Balaban J connectivity index is 2.50. The number of hydrogen-bond donors (Lipinski definition) is 0. The average molecular weight is 261 g/mol. The molecule has 1 fully saturated rings. The molecule has 0 radical (unpaired) electrons. The monoisotopic (exact) mass is 261 g/mol. The third kappa shape index (κ3) is 4.76. The van der Waals surface area contributed by atoms with Crippen molar-refractivity contribution in [2.75, 3.05) is 19.3 Å². The predicted molar refractivity (Wildman–Crippen MR) is 68.2 cm³/mol. The number of hydrogen-bond acceptors (Lipinski definition) is 3. The number of rotatable bonds is 3. The minimum atomic E-state index is -3.09. The molecule has 0 aromatic carbocycles. The topological polar surface area (TPSA) is 54.5 Å². The zero-order valence-corrected chi connectivity index (χ0v) is 12.0. The van der Waals surface area contributed by atoms with Crippen molar-refractivity contribution in [3.8, 4) is 0 Å². The smallest absolute Gasteiger partial charge is 0.211 e. The van der Waals surface area contributed by atoms with Crippen LogP contribution in [0.15, 0.2) is 0 Å². The van der Waals surface area contributed by atoms with Crippen LogP contribution in [0.3, 0.4) is 0 Å². The van der Waals surface area contributed by atoms with E-state index in [4.69, 9.17) is 0 Å². The number of piperidine rings is 1. The van der Waals surface area contributed by atoms with Crippen LogP contribution in [0.2, 0.25) is 0 Å². The van der Waals surface area contributed by atoms with Gasteiger partial charge >= 0.3 is 0 Å². The highest BCUT2D eigenvalue weighted by Crippen LogP contribution is 2.26. The highest BCUT2D eigenvalue weighted by atomic mass is 32.2. The van der Waals surface area contributed by atoms with Crippen molar-refractivity contribution in [3.05, 3.63) is 0 Å². The molecule has 0 aromatic rings. The molecule has 0 atom stereocenters. The molecule has 4 nitrogen and oxygen atoms in total. The zero-order chi connectivity index (χ0) is 13.3. The van der Waals surface area contributed by atoms with Gasteiger partial charge in [0.05, 0.1) is 6.26 Å². The molecule has 1 aliphatic rings. The summed E-state index contributed by atoms with van der Waals surface area (Å²) in [7, 11) is -3.09. The van der Waals surface area contributed by atoms with E-state index in [-0.39, 0.29) is 17.1 Å². The van der Waals surface area contributed by atoms with Crippen LogP contribution in [0, 0.1) is 11.3 Å². The fraction of sp³-hybridized carbons (Fsp3) is 0.917. The first kappa shape index (κ1) is 14.6. The summed E-state index contributed by atoms with van der Waals surface area (Å²) in [4.78, 5) is 12.0. The Kier molecular flexibility index (Phi) is 4.36. The van der Waals surface area contributed by atoms with Gasteiger partial charge in [0.15, 0.2) is 0 Å². The van der Waals surface area contributed by atoms with Crippen LogP contribution in [0.5, 0.6) is 0 Å². The first-order chi connectivity index (χ1) is 7.59. The molecular formula is C12H23NO3S. The summed E-state index contributed by atoms with van der Waals surface area (Å²) in [5.74, 6) is 0.331. The minimum absolute atomic E-state index is 0.0189. The number of carbonyl (C=O) groups excluding carboxylic acids is 1. The predicted octanol–water partition coefficient (Wildman–Crippen LogP) is 1.66. The molecule has 0 saturated carbocycles. The third-order valence-electron chi connectivity index (χ3n) is 3.08. The fourth-order valence-corrected chi connectivity index (χ4v) is 3.05. The van der Waals surface area contributed by atoms with Gasteiger partial charge in [-0.1, -0.05) is 20.8 Å². The van der Waals surface area contributed by atoms with Gasteiger partial charge in [-0.3, -0.25) is 4.79 Å². The van der Waals surface area contributed by atoms with Gasteiger partial charge in [0.25, 0.3) is 0 Å². The molecule has 0 unspecified atom stereocenters. The van der Waals surface area contributed by atoms with E-state index >= 15 is 0 Å². The molecule has 0 amide bonds. The van der Waals surface area contributed by atoms with Gasteiger partial charge in [0.2, 0.25) is 10.0 Å². The quantitative estimate of drug-likeness (QED) is 0.776. The maximum absolute atomic E-state index is 12.0. The summed E-state index contributed by atoms with van der Waals surface area (Å²) in [5, 5.41) is 0. The molecule has 0 aliphatic carbocycles. The van der Waals surface area contributed by atoms with Gasteiger partial charge < -0.3 is 0 Å². The highest BCUT2D eigenvalue weighted by Gasteiger charge is 2.30. The van der Waals surface area contributed by atoms with Crippen LogP contribution < -0.4 is 0 Å². The van der Waals surface area contributed by atoms with E-state index in [1.165, 1.54) is 10.6 Å². The standard InChI is InChI=1S/C12H23NO3S/c1-12(2,3)9-11(14)10-5-7-13(8-6-10)17(4,15)16/h10H,5-9H2,1-4H3. The maximum atomic E-state index is 12.0. The second-order valence-electron chi connectivity index (χ2n) is 6.14. The first-order valence-electron chi connectivity index (χ1n) is 6.07. The second kappa shape index (κ2) is 5.06. The summed E-state index contributed by atoms with van der Waals surface area (Å²) in [6.45, 7) is 7.13. The lowest BCUT2D eigenvalue weighted by atomic mass is 9.82. The van der Waals surface area contributed by atoms with Crippen molar-refractivity contribution in [1.29, 1.82) is 0 Å². The molecule has 1 aliphatic heterocycles. The Bertz CT molecular complexity index is 373. The van der Waals surface area contributed by atoms with E-state index in [2.05, 4.69) is 20.8 Å². The third-order valence-corrected chi connectivity index (χ3v) is 4.39. The van der Waals surface area contributed by atoms with Gasteiger partial charge in [-0.2, -0.15) is 0 Å². The number of sulfonamides is 1. The lowest BCUT2D eigenvalue weighted by Gasteiger charge is -2.30. The van der Waals surface area contributed by atoms with Gasteiger partial charge in [0, 0.05) is 25.4 Å². The molecule has 0 N–H and O–H groups in total. The van der Waals surface area contributed by atoms with Crippen LogP contribution >= 0.6 is 0 Å². The van der Waals surface area contributed by atoms with E-state index in [1.54, 1.807) is 0 Å².